The summed E-state index contributed by atoms with van der Waals surface area (Å²) in [5.41, 5.74) is 0.261. The van der Waals surface area contributed by atoms with E-state index in [4.69, 9.17) is 4.74 Å². The quantitative estimate of drug-likeness (QED) is 0.276. The largest absolute Gasteiger partial charge is 0.467 e. The Bertz CT molecular complexity index is 1140. The van der Waals surface area contributed by atoms with Gasteiger partial charge in [-0.25, -0.2) is 18.4 Å². The molecule has 1 aromatic rings. The maximum atomic E-state index is 13.8. The van der Waals surface area contributed by atoms with Crippen molar-refractivity contribution in [1.29, 1.82) is 0 Å². The summed E-state index contributed by atoms with van der Waals surface area (Å²) in [5, 5.41) is 13.3. The molecule has 1 aromatic carbocycles. The number of esters is 1. The lowest BCUT2D eigenvalue weighted by atomic mass is 10.0. The van der Waals surface area contributed by atoms with Crippen LogP contribution in [0.15, 0.2) is 30.4 Å². The number of nitrogens with one attached hydrogen (secondary N) is 5. The van der Waals surface area contributed by atoms with Gasteiger partial charge in [0.15, 0.2) is 0 Å². The van der Waals surface area contributed by atoms with Crippen molar-refractivity contribution in [2.24, 2.45) is 11.8 Å². The molecule has 42 heavy (non-hydrogen) atoms. The molecular formula is C29H41F2N5O6. The van der Waals surface area contributed by atoms with Crippen molar-refractivity contribution in [3.05, 3.63) is 47.5 Å². The second-order valence-electron chi connectivity index (χ2n) is 10.9. The SMILES string of the molecule is COC(=O)[C@@H](NC(=O)N[C@H](C(=O)N[C@H]1CCCCNC(=O)C=C[C@H](Cc2cc(F)cc(F)c2)NC1=O)C(C)C)C(C)C. The van der Waals surface area contributed by atoms with Gasteiger partial charge in [-0.2, -0.15) is 0 Å². The maximum absolute atomic E-state index is 13.8. The number of benzene rings is 1. The first-order valence-corrected chi connectivity index (χ1v) is 14.0. The molecule has 5 N–H and O–H groups in total. The number of ether oxygens (including phenoxy) is 1. The molecule has 0 saturated heterocycles. The minimum absolute atomic E-state index is 0.0155. The Hall–Kier alpha value is -4.03. The fraction of sp³-hybridized carbons (Fsp3) is 0.552. The number of rotatable bonds is 9. The van der Waals surface area contributed by atoms with Gasteiger partial charge >= 0.3 is 12.0 Å². The van der Waals surface area contributed by atoms with E-state index < -0.39 is 59.6 Å². The summed E-state index contributed by atoms with van der Waals surface area (Å²) in [5.74, 6) is -4.39. The van der Waals surface area contributed by atoms with Crippen LogP contribution in [0.25, 0.3) is 0 Å². The summed E-state index contributed by atoms with van der Waals surface area (Å²) in [7, 11) is 1.21. The van der Waals surface area contributed by atoms with Crippen LogP contribution in [-0.4, -0.2) is 67.5 Å². The molecule has 1 heterocycles. The average molecular weight is 594 g/mol. The number of methoxy groups -OCH3 is 1. The predicted molar refractivity (Wildman–Crippen MR) is 151 cm³/mol. The topological polar surface area (TPSA) is 155 Å². The fourth-order valence-corrected chi connectivity index (χ4v) is 4.39. The molecule has 13 heteroatoms. The Morgan fingerprint density at radius 2 is 1.60 bits per heavy atom. The highest BCUT2D eigenvalue weighted by molar-refractivity contribution is 5.93. The van der Waals surface area contributed by atoms with E-state index in [0.29, 0.717) is 19.4 Å². The van der Waals surface area contributed by atoms with Crippen LogP contribution in [0.4, 0.5) is 13.6 Å². The zero-order chi connectivity index (χ0) is 31.4. The van der Waals surface area contributed by atoms with E-state index in [2.05, 4.69) is 26.6 Å². The van der Waals surface area contributed by atoms with Gasteiger partial charge in [-0.15, -0.1) is 0 Å². The second kappa shape index (κ2) is 16.4. The molecular weight excluding hydrogens is 552 g/mol. The summed E-state index contributed by atoms with van der Waals surface area (Å²) in [6, 6.07) is -1.56. The van der Waals surface area contributed by atoms with Crippen molar-refractivity contribution in [2.75, 3.05) is 13.7 Å². The van der Waals surface area contributed by atoms with Gasteiger partial charge in [0.2, 0.25) is 17.7 Å². The van der Waals surface area contributed by atoms with Crippen molar-refractivity contribution in [2.45, 2.75) is 77.5 Å². The molecule has 5 amide bonds. The zero-order valence-electron chi connectivity index (χ0n) is 24.6. The smallest absolute Gasteiger partial charge is 0.328 e. The number of carbonyl (C=O) groups excluding carboxylic acids is 5. The molecule has 0 bridgehead atoms. The van der Waals surface area contributed by atoms with E-state index in [1.54, 1.807) is 27.7 Å². The monoisotopic (exact) mass is 593 g/mol. The van der Waals surface area contributed by atoms with Crippen molar-refractivity contribution < 1.29 is 37.5 Å². The zero-order valence-corrected chi connectivity index (χ0v) is 24.6. The Morgan fingerprint density at radius 3 is 2.19 bits per heavy atom. The third-order valence-corrected chi connectivity index (χ3v) is 6.68. The Labute approximate surface area is 244 Å². The van der Waals surface area contributed by atoms with E-state index in [1.807, 2.05) is 0 Å². The summed E-state index contributed by atoms with van der Waals surface area (Å²) in [4.78, 5) is 63.6. The van der Waals surface area contributed by atoms with Crippen LogP contribution < -0.4 is 26.6 Å². The molecule has 4 atom stereocenters. The molecule has 2 rings (SSSR count). The molecule has 11 nitrogen and oxygen atoms in total. The number of halogens is 2. The molecule has 0 spiro atoms. The summed E-state index contributed by atoms with van der Waals surface area (Å²) in [6.07, 6.45) is 3.91. The van der Waals surface area contributed by atoms with Gasteiger partial charge in [-0.1, -0.05) is 33.8 Å². The minimum atomic E-state index is -1.05. The second-order valence-corrected chi connectivity index (χ2v) is 10.9. The van der Waals surface area contributed by atoms with Crippen molar-refractivity contribution in [3.63, 3.8) is 0 Å². The summed E-state index contributed by atoms with van der Waals surface area (Å²) < 4.78 is 32.3. The van der Waals surface area contributed by atoms with Crippen LogP contribution in [0.1, 0.15) is 52.5 Å². The lowest BCUT2D eigenvalue weighted by Gasteiger charge is -2.27. The first-order valence-electron chi connectivity index (χ1n) is 14.0. The van der Waals surface area contributed by atoms with Gasteiger partial charge in [-0.3, -0.25) is 14.4 Å². The van der Waals surface area contributed by atoms with Gasteiger partial charge < -0.3 is 31.3 Å². The lowest BCUT2D eigenvalue weighted by Crippen LogP contribution is -2.59. The van der Waals surface area contributed by atoms with E-state index in [0.717, 1.165) is 18.2 Å². The van der Waals surface area contributed by atoms with Crippen LogP contribution in [0.3, 0.4) is 0 Å². The number of urea groups is 1. The highest BCUT2D eigenvalue weighted by Crippen LogP contribution is 2.13. The van der Waals surface area contributed by atoms with Crippen molar-refractivity contribution in [1.82, 2.24) is 26.6 Å². The third-order valence-electron chi connectivity index (χ3n) is 6.68. The van der Waals surface area contributed by atoms with Gasteiger partial charge in [0.25, 0.3) is 0 Å². The van der Waals surface area contributed by atoms with Crippen LogP contribution in [-0.2, 0) is 30.3 Å². The van der Waals surface area contributed by atoms with Gasteiger partial charge in [-0.05, 0) is 55.2 Å². The standard InChI is InChI=1S/C29H41F2N5O6/c1-16(2)24(35-29(41)36-25(17(3)4)28(40)42-5)27(39)34-22-8-6-7-11-32-23(37)10-9-21(33-26(22)38)14-18-12-19(30)15-20(31)13-18/h9-10,12-13,15-17,21-22,24-25H,6-8,11,14H2,1-5H3,(H,32,37)(H,33,38)(H,34,39)(H2,35,36,41)/t21-,22+,24+,25+/m1/s1. The highest BCUT2D eigenvalue weighted by Gasteiger charge is 2.31. The number of hydrogen-bond acceptors (Lipinski definition) is 6. The molecule has 0 fully saturated rings. The number of amides is 5. The van der Waals surface area contributed by atoms with E-state index in [1.165, 1.54) is 19.3 Å². The summed E-state index contributed by atoms with van der Waals surface area (Å²) in [6.45, 7) is 7.24. The molecule has 0 radical (unpaired) electrons. The lowest BCUT2D eigenvalue weighted by molar-refractivity contribution is -0.144. The Morgan fingerprint density at radius 1 is 0.976 bits per heavy atom. The average Bonchev–Trinajstić information content (AvgIpc) is 2.90. The predicted octanol–water partition coefficient (Wildman–Crippen LogP) is 1.85. The summed E-state index contributed by atoms with van der Waals surface area (Å²) >= 11 is 0. The van der Waals surface area contributed by atoms with Gasteiger partial charge in [0, 0.05) is 18.7 Å². The van der Waals surface area contributed by atoms with E-state index >= 15 is 0 Å². The Kier molecular flexibility index (Phi) is 13.4. The molecule has 1 aliphatic heterocycles. The fourth-order valence-electron chi connectivity index (χ4n) is 4.39. The van der Waals surface area contributed by atoms with Crippen LogP contribution >= 0.6 is 0 Å². The third kappa shape index (κ3) is 11.1. The van der Waals surface area contributed by atoms with Crippen LogP contribution in [0.5, 0.6) is 0 Å². The van der Waals surface area contributed by atoms with Crippen molar-refractivity contribution in [3.8, 4) is 0 Å². The molecule has 0 unspecified atom stereocenters. The van der Waals surface area contributed by atoms with Gasteiger partial charge in [0.1, 0.15) is 29.8 Å². The molecule has 232 valence electrons. The Balaban J connectivity index is 2.21. The van der Waals surface area contributed by atoms with Crippen molar-refractivity contribution >= 4 is 29.7 Å². The van der Waals surface area contributed by atoms with E-state index in [-0.39, 0.29) is 36.1 Å². The first-order chi connectivity index (χ1) is 19.8. The highest BCUT2D eigenvalue weighted by atomic mass is 19.1. The molecule has 0 aromatic heterocycles. The van der Waals surface area contributed by atoms with Crippen LogP contribution in [0, 0.1) is 23.5 Å². The molecule has 1 aliphatic rings. The van der Waals surface area contributed by atoms with Gasteiger partial charge in [0.05, 0.1) is 13.2 Å². The number of hydrogen-bond donors (Lipinski definition) is 5. The first kappa shape index (κ1) is 34.2. The number of carbonyl (C=O) groups is 5. The minimum Gasteiger partial charge on any atom is -0.467 e. The van der Waals surface area contributed by atoms with Crippen LogP contribution in [0.2, 0.25) is 0 Å². The molecule has 0 saturated carbocycles. The molecule has 0 aliphatic carbocycles. The normalized spacial score (nSPS) is 19.5. The maximum Gasteiger partial charge on any atom is 0.328 e. The van der Waals surface area contributed by atoms with E-state index in [9.17, 15) is 32.8 Å².